The van der Waals surface area contributed by atoms with E-state index in [0.717, 1.165) is 15.8 Å². The van der Waals surface area contributed by atoms with Crippen molar-refractivity contribution < 1.29 is 18.7 Å². The second kappa shape index (κ2) is 8.05. The number of carbonyl (C=O) groups is 1. The van der Waals surface area contributed by atoms with Crippen molar-refractivity contribution in [1.82, 2.24) is 4.98 Å². The fourth-order valence-corrected chi connectivity index (χ4v) is 4.05. The third-order valence-corrected chi connectivity index (χ3v) is 5.58. The highest BCUT2D eigenvalue weighted by molar-refractivity contribution is 7.21. The largest absolute Gasteiger partial charge is 0.481 e. The molecule has 7 heteroatoms. The Morgan fingerprint density at radius 2 is 2.03 bits per heavy atom. The molecule has 148 valence electrons. The molecule has 0 spiro atoms. The van der Waals surface area contributed by atoms with Crippen LogP contribution in [0.25, 0.3) is 31.8 Å². The smallest absolute Gasteiger partial charge is 0.344 e. The second-order valence-electron chi connectivity index (χ2n) is 6.37. The van der Waals surface area contributed by atoms with Gasteiger partial charge in [0.1, 0.15) is 22.6 Å². The van der Waals surface area contributed by atoms with E-state index in [-0.39, 0.29) is 12.0 Å². The fraction of sp³-hybridized carbons (Fsp3) is 0.227. The van der Waals surface area contributed by atoms with Gasteiger partial charge >= 0.3 is 5.97 Å². The zero-order chi connectivity index (χ0) is 20.4. The molecule has 0 aliphatic carbocycles. The van der Waals surface area contributed by atoms with Crippen LogP contribution in [0.4, 0.5) is 0 Å². The Kier molecular flexibility index (Phi) is 5.31. The van der Waals surface area contributed by atoms with Crippen LogP contribution in [0.15, 0.2) is 51.9 Å². The van der Waals surface area contributed by atoms with E-state index >= 15 is 0 Å². The Bertz CT molecular complexity index is 1220. The van der Waals surface area contributed by atoms with Gasteiger partial charge in [0.25, 0.3) is 0 Å². The minimum Gasteiger partial charge on any atom is -0.481 e. The molecular formula is C22H19NO5S. The van der Waals surface area contributed by atoms with Crippen LogP contribution in [-0.2, 0) is 16.0 Å². The highest BCUT2D eigenvalue weighted by Gasteiger charge is 2.16. The van der Waals surface area contributed by atoms with Crippen molar-refractivity contribution in [3.05, 3.63) is 58.4 Å². The Hall–Kier alpha value is -3.19. The molecular weight excluding hydrogens is 390 g/mol. The normalized spacial score (nSPS) is 11.1. The van der Waals surface area contributed by atoms with Gasteiger partial charge < -0.3 is 13.9 Å². The molecule has 0 N–H and O–H groups in total. The van der Waals surface area contributed by atoms with Crippen molar-refractivity contribution in [2.75, 3.05) is 13.2 Å². The number of carbonyl (C=O) groups excluding carboxylic acids is 1. The standard InChI is InChI=1S/C22H19NO5S/c1-3-13-9-14-18(10-17(13)28-12-20(24)26-4-2)27-11-15(21(14)25)22-23-16-7-5-6-8-19(16)29-22/h5-11H,3-4,12H2,1-2H3. The molecule has 2 aromatic heterocycles. The van der Waals surface area contributed by atoms with Gasteiger partial charge in [0.2, 0.25) is 5.43 Å². The molecule has 0 saturated carbocycles. The van der Waals surface area contributed by atoms with Crippen LogP contribution in [0, 0.1) is 0 Å². The molecule has 2 aromatic carbocycles. The van der Waals surface area contributed by atoms with Crippen LogP contribution >= 0.6 is 11.3 Å². The topological polar surface area (TPSA) is 78.6 Å². The minimum absolute atomic E-state index is 0.142. The first-order valence-corrected chi connectivity index (χ1v) is 10.1. The maximum Gasteiger partial charge on any atom is 0.344 e. The van der Waals surface area contributed by atoms with Crippen LogP contribution < -0.4 is 10.2 Å². The zero-order valence-electron chi connectivity index (χ0n) is 16.1. The van der Waals surface area contributed by atoms with Crippen molar-refractivity contribution in [3.8, 4) is 16.3 Å². The number of thiazole rings is 1. The fourth-order valence-electron chi connectivity index (χ4n) is 3.09. The van der Waals surface area contributed by atoms with E-state index in [4.69, 9.17) is 13.9 Å². The number of hydrogen-bond acceptors (Lipinski definition) is 7. The predicted molar refractivity (Wildman–Crippen MR) is 113 cm³/mol. The molecule has 6 nitrogen and oxygen atoms in total. The number of para-hydroxylation sites is 1. The maximum atomic E-state index is 13.1. The second-order valence-corrected chi connectivity index (χ2v) is 7.40. The SMILES string of the molecule is CCOC(=O)COc1cc2occ(-c3nc4ccccc4s3)c(=O)c2cc1CC. The predicted octanol–water partition coefficient (Wildman–Crippen LogP) is 4.57. The Labute approximate surface area is 170 Å². The van der Waals surface area contributed by atoms with E-state index in [1.165, 1.54) is 17.6 Å². The summed E-state index contributed by atoms with van der Waals surface area (Å²) in [5.74, 6) is 0.0613. The molecule has 0 saturated heterocycles. The Balaban J connectivity index is 1.75. The van der Waals surface area contributed by atoms with E-state index in [9.17, 15) is 9.59 Å². The zero-order valence-corrected chi connectivity index (χ0v) is 16.9. The van der Waals surface area contributed by atoms with E-state index in [1.807, 2.05) is 31.2 Å². The van der Waals surface area contributed by atoms with Crippen LogP contribution in [-0.4, -0.2) is 24.2 Å². The van der Waals surface area contributed by atoms with Gasteiger partial charge in [-0.05, 0) is 37.1 Å². The summed E-state index contributed by atoms with van der Waals surface area (Å²) >= 11 is 1.45. The Morgan fingerprint density at radius 1 is 1.21 bits per heavy atom. The number of aryl methyl sites for hydroxylation is 1. The summed E-state index contributed by atoms with van der Waals surface area (Å²) in [4.78, 5) is 29.3. The number of rotatable bonds is 6. The molecule has 0 fully saturated rings. The summed E-state index contributed by atoms with van der Waals surface area (Å²) in [5, 5.41) is 1.09. The van der Waals surface area contributed by atoms with Gasteiger partial charge in [-0.2, -0.15) is 0 Å². The minimum atomic E-state index is -0.442. The summed E-state index contributed by atoms with van der Waals surface area (Å²) in [5.41, 5.74) is 2.35. The Morgan fingerprint density at radius 3 is 2.79 bits per heavy atom. The quantitative estimate of drug-likeness (QED) is 0.434. The molecule has 29 heavy (non-hydrogen) atoms. The summed E-state index contributed by atoms with van der Waals surface area (Å²) in [6.07, 6.45) is 2.07. The van der Waals surface area contributed by atoms with E-state index in [0.29, 0.717) is 40.3 Å². The monoisotopic (exact) mass is 409 g/mol. The lowest BCUT2D eigenvalue weighted by Crippen LogP contribution is -2.15. The molecule has 0 unspecified atom stereocenters. The molecule has 0 aliphatic heterocycles. The van der Waals surface area contributed by atoms with Crippen molar-refractivity contribution in [3.63, 3.8) is 0 Å². The van der Waals surface area contributed by atoms with E-state index in [2.05, 4.69) is 4.98 Å². The average Bonchev–Trinajstić information content (AvgIpc) is 3.16. The van der Waals surface area contributed by atoms with Gasteiger partial charge in [0.15, 0.2) is 6.61 Å². The molecule has 0 amide bonds. The van der Waals surface area contributed by atoms with Crippen molar-refractivity contribution >= 4 is 38.5 Å². The van der Waals surface area contributed by atoms with E-state index < -0.39 is 5.97 Å². The molecule has 0 atom stereocenters. The highest BCUT2D eigenvalue weighted by atomic mass is 32.1. The van der Waals surface area contributed by atoms with Crippen LogP contribution in [0.5, 0.6) is 5.75 Å². The molecule has 0 aliphatic rings. The first kappa shape index (κ1) is 19.1. The summed E-state index contributed by atoms with van der Waals surface area (Å²) < 4.78 is 17.2. The lowest BCUT2D eigenvalue weighted by Gasteiger charge is -2.11. The first-order valence-electron chi connectivity index (χ1n) is 9.33. The maximum absolute atomic E-state index is 13.1. The average molecular weight is 409 g/mol. The van der Waals surface area contributed by atoms with Gasteiger partial charge in [-0.15, -0.1) is 11.3 Å². The first-order chi connectivity index (χ1) is 14.1. The third kappa shape index (κ3) is 3.73. The van der Waals surface area contributed by atoms with Crippen molar-refractivity contribution in [2.45, 2.75) is 20.3 Å². The van der Waals surface area contributed by atoms with E-state index in [1.54, 1.807) is 19.1 Å². The summed E-state index contributed by atoms with van der Waals surface area (Å²) in [7, 11) is 0. The number of ether oxygens (including phenoxy) is 2. The molecule has 2 heterocycles. The molecule has 0 radical (unpaired) electrons. The number of nitrogens with zero attached hydrogens (tertiary/aromatic N) is 1. The molecule has 4 rings (SSSR count). The van der Waals surface area contributed by atoms with Crippen molar-refractivity contribution in [1.29, 1.82) is 0 Å². The van der Waals surface area contributed by atoms with Gasteiger partial charge in [-0.1, -0.05) is 19.1 Å². The van der Waals surface area contributed by atoms with Gasteiger partial charge in [0, 0.05) is 6.07 Å². The highest BCUT2D eigenvalue weighted by Crippen LogP contribution is 2.31. The van der Waals surface area contributed by atoms with Crippen LogP contribution in [0.1, 0.15) is 19.4 Å². The number of benzene rings is 2. The number of aromatic nitrogens is 1. The number of esters is 1. The van der Waals surface area contributed by atoms with Crippen LogP contribution in [0.3, 0.4) is 0 Å². The lowest BCUT2D eigenvalue weighted by atomic mass is 10.1. The van der Waals surface area contributed by atoms with Crippen LogP contribution in [0.2, 0.25) is 0 Å². The van der Waals surface area contributed by atoms with Crippen molar-refractivity contribution in [2.24, 2.45) is 0 Å². The van der Waals surface area contributed by atoms with Gasteiger partial charge in [0.05, 0.1) is 27.8 Å². The molecule has 0 bridgehead atoms. The van der Waals surface area contributed by atoms with Gasteiger partial charge in [-0.25, -0.2) is 9.78 Å². The molecule has 4 aromatic rings. The van der Waals surface area contributed by atoms with Gasteiger partial charge in [-0.3, -0.25) is 4.79 Å². The lowest BCUT2D eigenvalue weighted by molar-refractivity contribution is -0.145. The third-order valence-electron chi connectivity index (χ3n) is 4.51. The number of hydrogen-bond donors (Lipinski definition) is 0. The summed E-state index contributed by atoms with van der Waals surface area (Å²) in [6.45, 7) is 3.80. The number of fused-ring (bicyclic) bond motifs is 2. The summed E-state index contributed by atoms with van der Waals surface area (Å²) in [6, 6.07) is 11.2.